The van der Waals surface area contributed by atoms with Crippen molar-refractivity contribution in [3.05, 3.63) is 34.6 Å². The first-order valence-corrected chi connectivity index (χ1v) is 11.1. The number of piperidine rings is 1. The lowest BCUT2D eigenvalue weighted by Gasteiger charge is -2.40. The van der Waals surface area contributed by atoms with Crippen molar-refractivity contribution in [3.63, 3.8) is 0 Å². The van der Waals surface area contributed by atoms with Crippen molar-refractivity contribution in [2.75, 3.05) is 33.3 Å². The number of nitrogens with zero attached hydrogens (tertiary/aromatic N) is 3. The molecule has 1 aromatic carbocycles. The number of ether oxygens (including phenoxy) is 1. The lowest BCUT2D eigenvalue weighted by molar-refractivity contribution is -0.00400. The molecule has 30 heavy (non-hydrogen) atoms. The van der Waals surface area contributed by atoms with E-state index >= 15 is 0 Å². The maximum atomic E-state index is 14.1. The van der Waals surface area contributed by atoms with E-state index in [0.29, 0.717) is 13.2 Å². The van der Waals surface area contributed by atoms with Crippen LogP contribution in [-0.2, 0) is 4.74 Å². The second-order valence-corrected chi connectivity index (χ2v) is 8.72. The molecule has 0 spiro atoms. The summed E-state index contributed by atoms with van der Waals surface area (Å²) < 4.78 is 20.5. The monoisotopic (exact) mass is 500 g/mol. The van der Waals surface area contributed by atoms with Crippen LogP contribution in [0.3, 0.4) is 0 Å². The van der Waals surface area contributed by atoms with Crippen LogP contribution in [0.15, 0.2) is 28.2 Å². The van der Waals surface area contributed by atoms with Crippen LogP contribution in [0.1, 0.15) is 24.5 Å². The van der Waals surface area contributed by atoms with Gasteiger partial charge in [0.15, 0.2) is 0 Å². The molecule has 0 saturated carbocycles. The van der Waals surface area contributed by atoms with Crippen molar-refractivity contribution < 1.29 is 9.13 Å². The molecule has 1 saturated heterocycles. The molecule has 0 aliphatic carbocycles. The topological polar surface area (TPSA) is 99.1 Å². The summed E-state index contributed by atoms with van der Waals surface area (Å²) in [7, 11) is 1.87. The van der Waals surface area contributed by atoms with Crippen LogP contribution in [0.5, 0.6) is 0 Å². The van der Waals surface area contributed by atoms with E-state index < -0.39 is 12.0 Å². The van der Waals surface area contributed by atoms with Crippen LogP contribution in [0, 0.1) is 23.1 Å². The second-order valence-electron chi connectivity index (χ2n) is 7.46. The van der Waals surface area contributed by atoms with Gasteiger partial charge in [-0.1, -0.05) is 17.7 Å². The fourth-order valence-electron chi connectivity index (χ4n) is 3.94. The zero-order valence-electron chi connectivity index (χ0n) is 16.8. The highest BCUT2D eigenvalue weighted by molar-refractivity contribution is 9.18. The molecule has 3 rings (SSSR count). The summed E-state index contributed by atoms with van der Waals surface area (Å²) >= 11 is 9.11. The summed E-state index contributed by atoms with van der Waals surface area (Å²) in [5.41, 5.74) is 6.88. The molecule has 164 valence electrons. The molecular formula is C20H27BrClFN6O. The molecule has 0 radical (unpaired) electrons. The molecule has 4 N–H and O–H groups in total. The van der Waals surface area contributed by atoms with Crippen molar-refractivity contribution in [1.82, 2.24) is 10.2 Å². The van der Waals surface area contributed by atoms with Crippen LogP contribution in [0.4, 0.5) is 4.39 Å². The predicted molar refractivity (Wildman–Crippen MR) is 122 cm³/mol. The van der Waals surface area contributed by atoms with Crippen LogP contribution in [-0.4, -0.2) is 61.1 Å². The summed E-state index contributed by atoms with van der Waals surface area (Å²) in [5.74, 6) is 0.187. The SMILES string of the molecule is CNCCO[C@@H](c1ccc(Cl)c(F)c1)C1CCN(C2=NC=NC(N)C2C(=N)Br)CC1. The second kappa shape index (κ2) is 10.8. The van der Waals surface area contributed by atoms with Gasteiger partial charge in [0.2, 0.25) is 0 Å². The van der Waals surface area contributed by atoms with Crippen LogP contribution in [0.2, 0.25) is 5.02 Å². The van der Waals surface area contributed by atoms with Gasteiger partial charge in [-0.05, 0) is 59.4 Å². The fourth-order valence-corrected chi connectivity index (χ4v) is 4.54. The van der Waals surface area contributed by atoms with Crippen molar-refractivity contribution in [2.24, 2.45) is 27.6 Å². The molecule has 0 amide bonds. The van der Waals surface area contributed by atoms with Crippen molar-refractivity contribution in [3.8, 4) is 0 Å². The first kappa shape index (κ1) is 23.3. The largest absolute Gasteiger partial charge is 0.372 e. The summed E-state index contributed by atoms with van der Waals surface area (Å²) in [6.07, 6.45) is 2.44. The van der Waals surface area contributed by atoms with E-state index in [4.69, 9.17) is 27.5 Å². The summed E-state index contributed by atoms with van der Waals surface area (Å²) in [6.45, 7) is 2.76. The van der Waals surface area contributed by atoms with E-state index in [1.807, 2.05) is 13.1 Å². The molecular weight excluding hydrogens is 475 g/mol. The Morgan fingerprint density at radius 1 is 1.47 bits per heavy atom. The van der Waals surface area contributed by atoms with Gasteiger partial charge in [-0.25, -0.2) is 9.38 Å². The highest BCUT2D eigenvalue weighted by Crippen LogP contribution is 2.35. The van der Waals surface area contributed by atoms with Crippen molar-refractivity contribution in [2.45, 2.75) is 25.1 Å². The third-order valence-electron chi connectivity index (χ3n) is 5.53. The summed E-state index contributed by atoms with van der Waals surface area (Å²) in [4.78, 5) is 10.7. The fraction of sp³-hybridized carbons (Fsp3) is 0.550. The Bertz CT molecular complexity index is 814. The van der Waals surface area contributed by atoms with Crippen molar-refractivity contribution >= 4 is 44.3 Å². The van der Waals surface area contributed by atoms with Crippen LogP contribution < -0.4 is 11.1 Å². The number of aliphatic imine (C=N–C) groups is 2. The quantitative estimate of drug-likeness (QED) is 0.395. The number of rotatable bonds is 7. The number of likely N-dealkylation sites (N-methyl/N-ethyl adjacent to an activating group) is 1. The number of benzene rings is 1. The first-order chi connectivity index (χ1) is 14.4. The molecule has 1 fully saturated rings. The molecule has 0 bridgehead atoms. The molecule has 7 nitrogen and oxygen atoms in total. The Morgan fingerprint density at radius 2 is 2.20 bits per heavy atom. The Labute approximate surface area is 189 Å². The van der Waals surface area contributed by atoms with Crippen LogP contribution >= 0.6 is 27.5 Å². The van der Waals surface area contributed by atoms with Crippen LogP contribution in [0.25, 0.3) is 0 Å². The number of nitrogens with two attached hydrogens (primary N) is 1. The van der Waals surface area contributed by atoms with Gasteiger partial charge in [0, 0.05) is 19.6 Å². The first-order valence-electron chi connectivity index (χ1n) is 9.97. The van der Waals surface area contributed by atoms with E-state index in [-0.39, 0.29) is 27.6 Å². The van der Waals surface area contributed by atoms with Gasteiger partial charge in [-0.2, -0.15) is 0 Å². The van der Waals surface area contributed by atoms with Gasteiger partial charge in [0.25, 0.3) is 0 Å². The van der Waals surface area contributed by atoms with Gasteiger partial charge >= 0.3 is 0 Å². The molecule has 1 aromatic rings. The Balaban J connectivity index is 1.72. The van der Waals surface area contributed by atoms with Gasteiger partial charge < -0.3 is 20.7 Å². The zero-order valence-corrected chi connectivity index (χ0v) is 19.2. The average molecular weight is 502 g/mol. The van der Waals surface area contributed by atoms with Crippen molar-refractivity contribution in [1.29, 1.82) is 5.41 Å². The molecule has 2 heterocycles. The van der Waals surface area contributed by atoms with E-state index in [2.05, 4.69) is 36.1 Å². The smallest absolute Gasteiger partial charge is 0.142 e. The Hall–Kier alpha value is -1.39. The van der Waals surface area contributed by atoms with E-state index in [9.17, 15) is 4.39 Å². The van der Waals surface area contributed by atoms with Gasteiger partial charge in [-0.15, -0.1) is 0 Å². The Kier molecular flexibility index (Phi) is 8.35. The molecule has 2 unspecified atom stereocenters. The number of nitrogens with one attached hydrogen (secondary N) is 2. The number of amidine groups is 1. The molecule has 10 heteroatoms. The summed E-state index contributed by atoms with van der Waals surface area (Å²) in [5, 5.41) is 11.2. The maximum Gasteiger partial charge on any atom is 0.142 e. The van der Waals surface area contributed by atoms with E-state index in [1.165, 1.54) is 12.4 Å². The van der Waals surface area contributed by atoms with Gasteiger partial charge in [0.05, 0.1) is 22.4 Å². The molecule has 2 aliphatic heterocycles. The number of halogens is 3. The summed E-state index contributed by atoms with van der Waals surface area (Å²) in [6, 6.07) is 4.89. The third kappa shape index (κ3) is 5.45. The van der Waals surface area contributed by atoms with Gasteiger partial charge in [-0.3, -0.25) is 10.4 Å². The molecule has 2 aliphatic rings. The third-order valence-corrected chi connectivity index (χ3v) is 6.33. The normalized spacial score (nSPS) is 23.4. The maximum absolute atomic E-state index is 14.1. The number of likely N-dealkylation sites (tertiary alicyclic amines) is 1. The predicted octanol–water partition coefficient (Wildman–Crippen LogP) is 3.18. The lowest BCUT2D eigenvalue weighted by Crippen LogP contribution is -2.50. The highest BCUT2D eigenvalue weighted by Gasteiger charge is 2.35. The minimum Gasteiger partial charge on any atom is -0.372 e. The average Bonchev–Trinajstić information content (AvgIpc) is 2.73. The highest BCUT2D eigenvalue weighted by atomic mass is 79.9. The lowest BCUT2D eigenvalue weighted by atomic mass is 9.86. The zero-order chi connectivity index (χ0) is 21.7. The van der Waals surface area contributed by atoms with E-state index in [1.54, 1.807) is 6.07 Å². The molecule has 3 atom stereocenters. The number of hydrogen-bond donors (Lipinski definition) is 3. The standard InChI is InChI=1S/C20H27BrClFN6O/c1-26-6-9-30-17(13-2-3-14(22)15(23)10-13)12-4-7-29(8-5-12)20-16(18(21)24)19(25)27-11-28-20/h2-3,10-12,16-17,19,24,26H,4-9,25H2,1H3/t16?,17-,19?/m1/s1. The minimum atomic E-state index is -0.517. The number of hydrogen-bond acceptors (Lipinski definition) is 7. The minimum absolute atomic E-state index is 0.110. The Morgan fingerprint density at radius 3 is 2.83 bits per heavy atom. The van der Waals surface area contributed by atoms with E-state index in [0.717, 1.165) is 37.3 Å². The molecule has 0 aromatic heterocycles. The van der Waals surface area contributed by atoms with Gasteiger partial charge in [0.1, 0.15) is 30.1 Å².